The van der Waals surface area contributed by atoms with E-state index in [1.165, 1.54) is 24.1 Å². The molecule has 1 atom stereocenters. The third-order valence-electron chi connectivity index (χ3n) is 6.90. The summed E-state index contributed by atoms with van der Waals surface area (Å²) < 4.78 is 16.1. The number of carbonyl (C=O) groups is 2. The average Bonchev–Trinajstić information content (AvgIpc) is 3.45. The first-order valence-corrected chi connectivity index (χ1v) is 13.1. The Kier molecular flexibility index (Phi) is 6.99. The second-order valence-electron chi connectivity index (χ2n) is 10.5. The van der Waals surface area contributed by atoms with E-state index in [0.29, 0.717) is 17.1 Å². The first-order valence-electron chi connectivity index (χ1n) is 12.3. The van der Waals surface area contributed by atoms with E-state index in [1.54, 1.807) is 12.1 Å². The van der Waals surface area contributed by atoms with Crippen molar-refractivity contribution in [2.24, 2.45) is 0 Å². The van der Waals surface area contributed by atoms with Gasteiger partial charge in [0, 0.05) is 12.1 Å². The van der Waals surface area contributed by atoms with Gasteiger partial charge in [-0.3, -0.25) is 9.59 Å². The fourth-order valence-corrected chi connectivity index (χ4v) is 5.48. The Bertz CT molecular complexity index is 1480. The van der Waals surface area contributed by atoms with Gasteiger partial charge in [-0.1, -0.05) is 74.3 Å². The van der Waals surface area contributed by atoms with Gasteiger partial charge in [0.2, 0.25) is 6.79 Å². The molecule has 1 N–H and O–H groups in total. The summed E-state index contributed by atoms with van der Waals surface area (Å²) in [6.07, 6.45) is 0. The molecule has 5 rings (SSSR count). The third kappa shape index (κ3) is 4.92. The van der Waals surface area contributed by atoms with Crippen LogP contribution in [0.2, 0.25) is 10.0 Å². The quantitative estimate of drug-likeness (QED) is 0.211. The van der Waals surface area contributed by atoms with E-state index in [4.69, 9.17) is 37.4 Å². The molecule has 1 saturated heterocycles. The summed E-state index contributed by atoms with van der Waals surface area (Å²) in [5, 5.41) is 11.8. The number of fused-ring (bicyclic) bond motifs is 1. The number of ether oxygens (including phenoxy) is 3. The number of carbonyl (C=O) groups excluding carboxylic acids is 2. The van der Waals surface area contributed by atoms with Gasteiger partial charge in [0.05, 0.1) is 28.8 Å². The number of amides is 1. The van der Waals surface area contributed by atoms with Crippen LogP contribution < -0.4 is 14.2 Å². The van der Waals surface area contributed by atoms with Gasteiger partial charge in [0.25, 0.3) is 11.7 Å². The van der Waals surface area contributed by atoms with Crippen molar-refractivity contribution >= 4 is 40.7 Å². The maximum atomic E-state index is 13.5. The molecule has 0 radical (unpaired) electrons. The predicted molar refractivity (Wildman–Crippen MR) is 149 cm³/mol. The minimum absolute atomic E-state index is 0.0541. The maximum absolute atomic E-state index is 13.5. The molecule has 0 spiro atoms. The van der Waals surface area contributed by atoms with E-state index in [1.807, 2.05) is 30.3 Å². The zero-order valence-corrected chi connectivity index (χ0v) is 23.4. The number of ketones is 1. The Labute approximate surface area is 236 Å². The van der Waals surface area contributed by atoms with Crippen LogP contribution in [0.15, 0.2) is 60.2 Å². The first-order chi connectivity index (χ1) is 18.5. The van der Waals surface area contributed by atoms with Gasteiger partial charge in [-0.15, -0.1) is 0 Å². The van der Waals surface area contributed by atoms with E-state index in [9.17, 15) is 14.7 Å². The normalized spacial score (nSPS) is 18.1. The molecule has 3 aromatic rings. The summed E-state index contributed by atoms with van der Waals surface area (Å²) in [5.74, 6) is -0.488. The van der Waals surface area contributed by atoms with Crippen LogP contribution in [-0.2, 0) is 21.5 Å². The zero-order valence-electron chi connectivity index (χ0n) is 21.9. The number of aliphatic hydroxyl groups excluding tert-OH is 1. The molecule has 7 nitrogen and oxygen atoms in total. The highest BCUT2D eigenvalue weighted by Crippen LogP contribution is 2.43. The van der Waals surface area contributed by atoms with Crippen molar-refractivity contribution in [3.63, 3.8) is 0 Å². The highest BCUT2D eigenvalue weighted by molar-refractivity contribution is 6.46. The average molecular weight is 568 g/mol. The monoisotopic (exact) mass is 567 g/mol. The molecule has 9 heteroatoms. The molecule has 2 heterocycles. The number of benzene rings is 3. The van der Waals surface area contributed by atoms with Gasteiger partial charge in [0.15, 0.2) is 17.2 Å². The summed E-state index contributed by atoms with van der Waals surface area (Å²) in [6, 6.07) is 15.1. The molecule has 3 aromatic carbocycles. The largest absolute Gasteiger partial charge is 0.507 e. The minimum atomic E-state index is -0.857. The van der Waals surface area contributed by atoms with Crippen LogP contribution in [0, 0.1) is 0 Å². The van der Waals surface area contributed by atoms with Crippen molar-refractivity contribution in [2.45, 2.75) is 38.8 Å². The van der Waals surface area contributed by atoms with E-state index >= 15 is 0 Å². The number of halogens is 2. The maximum Gasteiger partial charge on any atom is 0.295 e. The van der Waals surface area contributed by atoms with E-state index in [-0.39, 0.29) is 51.4 Å². The molecule has 1 unspecified atom stereocenters. The highest BCUT2D eigenvalue weighted by Gasteiger charge is 2.46. The van der Waals surface area contributed by atoms with E-state index in [0.717, 1.165) is 11.1 Å². The number of likely N-dealkylation sites (tertiary alicyclic amines) is 1. The molecule has 0 saturated carbocycles. The van der Waals surface area contributed by atoms with E-state index < -0.39 is 17.7 Å². The summed E-state index contributed by atoms with van der Waals surface area (Å²) in [5.41, 5.74) is 2.56. The van der Waals surface area contributed by atoms with Crippen LogP contribution in [0.3, 0.4) is 0 Å². The minimum Gasteiger partial charge on any atom is -0.507 e. The number of aliphatic hydroxyl groups is 1. The Morgan fingerprint density at radius 3 is 2.26 bits per heavy atom. The molecule has 202 valence electrons. The van der Waals surface area contributed by atoms with E-state index in [2.05, 4.69) is 20.8 Å². The Hall–Kier alpha value is -3.68. The second-order valence-corrected chi connectivity index (χ2v) is 11.3. The molecule has 1 amide bonds. The summed E-state index contributed by atoms with van der Waals surface area (Å²) in [7, 11) is 1.43. The molecule has 0 aliphatic carbocycles. The van der Waals surface area contributed by atoms with Crippen LogP contribution in [-0.4, -0.2) is 35.6 Å². The second kappa shape index (κ2) is 10.1. The Balaban J connectivity index is 1.64. The fraction of sp³-hybridized carbons (Fsp3) is 0.267. The Morgan fingerprint density at radius 2 is 1.64 bits per heavy atom. The van der Waals surface area contributed by atoms with Gasteiger partial charge in [-0.05, 0) is 46.4 Å². The lowest BCUT2D eigenvalue weighted by atomic mass is 9.85. The van der Waals surface area contributed by atoms with Gasteiger partial charge >= 0.3 is 0 Å². The SMILES string of the molecule is COc1c(Cl)cc(/C(O)=C2\C(=O)C(=O)N(Cc3ccc4c(c3)OCO4)C2c2ccc(C(C)(C)C)cc2)cc1Cl. The Morgan fingerprint density at radius 1 is 1.00 bits per heavy atom. The number of Topliss-reactive ketones (excluding diaryl/α,β-unsaturated/α-hetero) is 1. The highest BCUT2D eigenvalue weighted by atomic mass is 35.5. The predicted octanol–water partition coefficient (Wildman–Crippen LogP) is 6.65. The third-order valence-corrected chi connectivity index (χ3v) is 7.46. The zero-order chi connectivity index (χ0) is 28.1. The fourth-order valence-electron chi connectivity index (χ4n) is 4.84. The van der Waals surface area contributed by atoms with Crippen molar-refractivity contribution < 1.29 is 28.9 Å². The van der Waals surface area contributed by atoms with Crippen LogP contribution in [0.25, 0.3) is 5.76 Å². The lowest BCUT2D eigenvalue weighted by molar-refractivity contribution is -0.140. The number of methoxy groups -OCH3 is 1. The van der Waals surface area contributed by atoms with Gasteiger partial charge in [-0.2, -0.15) is 0 Å². The van der Waals surface area contributed by atoms with Crippen molar-refractivity contribution in [1.82, 2.24) is 4.90 Å². The van der Waals surface area contributed by atoms with Crippen LogP contribution in [0.4, 0.5) is 0 Å². The van der Waals surface area contributed by atoms with Crippen molar-refractivity contribution in [1.29, 1.82) is 0 Å². The molecule has 2 aliphatic heterocycles. The molecular formula is C30H27Cl2NO6. The summed E-state index contributed by atoms with van der Waals surface area (Å²) >= 11 is 12.6. The molecule has 0 aromatic heterocycles. The van der Waals surface area contributed by atoms with Crippen molar-refractivity contribution in [3.8, 4) is 17.2 Å². The first kappa shape index (κ1) is 26.9. The van der Waals surface area contributed by atoms with Gasteiger partial charge in [-0.25, -0.2) is 0 Å². The lowest BCUT2D eigenvalue weighted by Gasteiger charge is -2.27. The van der Waals surface area contributed by atoms with Crippen LogP contribution in [0.1, 0.15) is 49.1 Å². The summed E-state index contributed by atoms with van der Waals surface area (Å²) in [6.45, 7) is 6.53. The van der Waals surface area contributed by atoms with Crippen LogP contribution >= 0.6 is 23.2 Å². The van der Waals surface area contributed by atoms with Gasteiger partial charge in [0.1, 0.15) is 5.76 Å². The number of rotatable bonds is 5. The lowest BCUT2D eigenvalue weighted by Crippen LogP contribution is -2.29. The topological polar surface area (TPSA) is 85.3 Å². The number of nitrogens with zero attached hydrogens (tertiary/aromatic N) is 1. The molecular weight excluding hydrogens is 541 g/mol. The molecule has 0 bridgehead atoms. The van der Waals surface area contributed by atoms with Crippen molar-refractivity contribution in [3.05, 3.63) is 92.5 Å². The standard InChI is InChI=1S/C30H27Cl2NO6/c1-30(2,3)19-8-6-17(7-9-19)25-24(26(34)18-12-20(31)28(37-4)21(32)13-18)27(35)29(36)33(25)14-16-5-10-22-23(11-16)39-15-38-22/h5-13,25,34H,14-15H2,1-4H3/b26-24+. The van der Waals surface area contributed by atoms with Crippen molar-refractivity contribution in [2.75, 3.05) is 13.9 Å². The number of hydrogen-bond donors (Lipinski definition) is 1. The molecule has 1 fully saturated rings. The smallest absolute Gasteiger partial charge is 0.295 e. The molecule has 2 aliphatic rings. The summed E-state index contributed by atoms with van der Waals surface area (Å²) in [4.78, 5) is 28.4. The number of hydrogen-bond acceptors (Lipinski definition) is 6. The van der Waals surface area contributed by atoms with Gasteiger partial charge < -0.3 is 24.2 Å². The molecule has 39 heavy (non-hydrogen) atoms. The van der Waals surface area contributed by atoms with Crippen LogP contribution in [0.5, 0.6) is 17.2 Å².